The number of ether oxygens (including phenoxy) is 1. The van der Waals surface area contributed by atoms with E-state index >= 15 is 0 Å². The fourth-order valence-electron chi connectivity index (χ4n) is 2.91. The molecule has 150 valence electrons. The fourth-order valence-corrected chi connectivity index (χ4v) is 4.15. The number of hydrogen-bond donors (Lipinski definition) is 0. The summed E-state index contributed by atoms with van der Waals surface area (Å²) >= 11 is 7.58. The lowest BCUT2D eigenvalue weighted by Crippen LogP contribution is -2.26. The molecule has 0 saturated heterocycles. The highest BCUT2D eigenvalue weighted by atomic mass is 35.5. The fraction of sp³-hybridized carbons (Fsp3) is 0.0476. The summed E-state index contributed by atoms with van der Waals surface area (Å²) in [5.74, 6) is 0.197. The van der Waals surface area contributed by atoms with Gasteiger partial charge < -0.3 is 4.74 Å². The number of thiazole rings is 1. The lowest BCUT2D eigenvalue weighted by Gasteiger charge is -2.21. The van der Waals surface area contributed by atoms with Crippen LogP contribution in [0.1, 0.15) is 10.4 Å². The molecule has 0 aliphatic rings. The van der Waals surface area contributed by atoms with Gasteiger partial charge in [0, 0.05) is 12.1 Å². The van der Waals surface area contributed by atoms with Gasteiger partial charge in [-0.1, -0.05) is 35.1 Å². The maximum absolute atomic E-state index is 13.5. The third-order valence-corrected chi connectivity index (χ3v) is 5.74. The second kappa shape index (κ2) is 8.10. The average Bonchev–Trinajstić information content (AvgIpc) is 3.17. The molecule has 3 aromatic carbocycles. The Morgan fingerprint density at radius 3 is 2.50 bits per heavy atom. The van der Waals surface area contributed by atoms with E-state index in [2.05, 4.69) is 4.98 Å². The summed E-state index contributed by atoms with van der Waals surface area (Å²) in [6, 6.07) is 18.3. The summed E-state index contributed by atoms with van der Waals surface area (Å²) in [5.41, 5.74) is 1.28. The molecular weight excluding hydrogens is 426 g/mol. The molecular formula is C21H14ClN3O4S. The van der Waals surface area contributed by atoms with E-state index in [1.165, 1.54) is 34.4 Å². The van der Waals surface area contributed by atoms with Crippen molar-refractivity contribution in [1.29, 1.82) is 0 Å². The molecule has 0 bridgehead atoms. The van der Waals surface area contributed by atoms with Gasteiger partial charge in [-0.2, -0.15) is 0 Å². The molecule has 7 nitrogen and oxygen atoms in total. The molecule has 1 amide bonds. The van der Waals surface area contributed by atoms with Gasteiger partial charge in [0.15, 0.2) is 5.13 Å². The maximum atomic E-state index is 13.5. The normalized spacial score (nSPS) is 10.7. The van der Waals surface area contributed by atoms with E-state index in [9.17, 15) is 14.9 Å². The SMILES string of the molecule is COc1ccc(N(C(=O)c2ccc([N+](=O)[O-])cc2Cl)c2nc3ccccc3s2)cc1. The molecule has 0 unspecified atom stereocenters. The number of rotatable bonds is 5. The smallest absolute Gasteiger partial charge is 0.270 e. The highest BCUT2D eigenvalue weighted by Gasteiger charge is 2.26. The van der Waals surface area contributed by atoms with E-state index in [4.69, 9.17) is 16.3 Å². The molecule has 0 spiro atoms. The summed E-state index contributed by atoms with van der Waals surface area (Å²) in [6.07, 6.45) is 0. The monoisotopic (exact) mass is 439 g/mol. The quantitative estimate of drug-likeness (QED) is 0.288. The van der Waals surface area contributed by atoms with Crippen molar-refractivity contribution in [3.8, 4) is 5.75 Å². The topological polar surface area (TPSA) is 85.6 Å². The van der Waals surface area contributed by atoms with E-state index in [1.807, 2.05) is 24.3 Å². The van der Waals surface area contributed by atoms with Gasteiger partial charge in [-0.05, 0) is 42.5 Å². The van der Waals surface area contributed by atoms with E-state index < -0.39 is 10.8 Å². The van der Waals surface area contributed by atoms with Gasteiger partial charge in [-0.3, -0.25) is 19.8 Å². The average molecular weight is 440 g/mol. The number of benzene rings is 3. The number of aromatic nitrogens is 1. The van der Waals surface area contributed by atoms with Crippen molar-refractivity contribution < 1.29 is 14.5 Å². The molecule has 30 heavy (non-hydrogen) atoms. The van der Waals surface area contributed by atoms with Crippen molar-refractivity contribution in [3.63, 3.8) is 0 Å². The molecule has 4 rings (SSSR count). The van der Waals surface area contributed by atoms with Crippen LogP contribution in [0.4, 0.5) is 16.5 Å². The second-order valence-electron chi connectivity index (χ2n) is 6.22. The lowest BCUT2D eigenvalue weighted by atomic mass is 10.1. The number of carbonyl (C=O) groups is 1. The molecule has 0 saturated carbocycles. The number of nitro groups is 1. The van der Waals surface area contributed by atoms with Crippen LogP contribution < -0.4 is 9.64 Å². The molecule has 9 heteroatoms. The molecule has 0 radical (unpaired) electrons. The molecule has 1 aromatic heterocycles. The Hall–Kier alpha value is -3.49. The van der Waals surface area contributed by atoms with Crippen molar-refractivity contribution in [2.24, 2.45) is 0 Å². The third kappa shape index (κ3) is 3.70. The summed E-state index contributed by atoms with van der Waals surface area (Å²) < 4.78 is 6.13. The number of hydrogen-bond acceptors (Lipinski definition) is 6. The number of nitro benzene ring substituents is 1. The van der Waals surface area contributed by atoms with E-state index in [0.717, 1.165) is 10.2 Å². The standard InChI is InChI=1S/C21H14ClN3O4S/c1-29-15-9-6-13(7-10-15)24(21-23-18-4-2-3-5-19(18)30-21)20(26)16-11-8-14(25(27)28)12-17(16)22/h2-12H,1H3. The number of fused-ring (bicyclic) bond motifs is 1. The minimum Gasteiger partial charge on any atom is -0.497 e. The number of carbonyl (C=O) groups excluding carboxylic acids is 1. The Balaban J connectivity index is 1.84. The lowest BCUT2D eigenvalue weighted by molar-refractivity contribution is -0.384. The van der Waals surface area contributed by atoms with Crippen molar-refractivity contribution in [3.05, 3.63) is 87.4 Å². The summed E-state index contributed by atoms with van der Waals surface area (Å²) in [4.78, 5) is 30.0. The zero-order valence-electron chi connectivity index (χ0n) is 15.6. The van der Waals surface area contributed by atoms with Gasteiger partial charge in [0.1, 0.15) is 5.75 Å². The van der Waals surface area contributed by atoms with Crippen LogP contribution in [0.25, 0.3) is 10.2 Å². The van der Waals surface area contributed by atoms with Crippen LogP contribution >= 0.6 is 22.9 Å². The van der Waals surface area contributed by atoms with Crippen molar-refractivity contribution >= 4 is 55.6 Å². The highest BCUT2D eigenvalue weighted by Crippen LogP contribution is 2.36. The van der Waals surface area contributed by atoms with Crippen LogP contribution in [0.2, 0.25) is 5.02 Å². The summed E-state index contributed by atoms with van der Waals surface area (Å²) in [6.45, 7) is 0. The van der Waals surface area contributed by atoms with Gasteiger partial charge in [-0.15, -0.1) is 0 Å². The Kier molecular flexibility index (Phi) is 5.35. The van der Waals surface area contributed by atoms with Crippen LogP contribution in [0.15, 0.2) is 66.7 Å². The number of halogens is 1. The Morgan fingerprint density at radius 2 is 1.87 bits per heavy atom. The highest BCUT2D eigenvalue weighted by molar-refractivity contribution is 7.22. The molecule has 0 N–H and O–H groups in total. The summed E-state index contributed by atoms with van der Waals surface area (Å²) in [5, 5.41) is 11.5. The molecule has 0 aliphatic carbocycles. The van der Waals surface area contributed by atoms with Crippen molar-refractivity contribution in [2.75, 3.05) is 12.0 Å². The number of para-hydroxylation sites is 1. The van der Waals surface area contributed by atoms with Crippen molar-refractivity contribution in [1.82, 2.24) is 4.98 Å². The first-order chi connectivity index (χ1) is 14.5. The molecule has 0 aliphatic heterocycles. The van der Waals surface area contributed by atoms with Crippen LogP contribution in [0.5, 0.6) is 5.75 Å². The predicted molar refractivity (Wildman–Crippen MR) is 117 cm³/mol. The van der Waals surface area contributed by atoms with Gasteiger partial charge in [-0.25, -0.2) is 4.98 Å². The zero-order valence-corrected chi connectivity index (χ0v) is 17.2. The zero-order chi connectivity index (χ0) is 21.3. The second-order valence-corrected chi connectivity index (χ2v) is 7.64. The van der Waals surface area contributed by atoms with Crippen LogP contribution in [0, 0.1) is 10.1 Å². The van der Waals surface area contributed by atoms with Crippen LogP contribution in [0.3, 0.4) is 0 Å². The van der Waals surface area contributed by atoms with Crippen molar-refractivity contribution in [2.45, 2.75) is 0 Å². The Morgan fingerprint density at radius 1 is 1.13 bits per heavy atom. The molecule has 0 atom stereocenters. The van der Waals surface area contributed by atoms with Gasteiger partial charge in [0.2, 0.25) is 0 Å². The molecule has 4 aromatic rings. The number of anilines is 2. The first kappa shape index (κ1) is 19.8. The van der Waals surface area contributed by atoms with Crippen LogP contribution in [-0.4, -0.2) is 22.9 Å². The van der Waals surface area contributed by atoms with Gasteiger partial charge >= 0.3 is 0 Å². The first-order valence-corrected chi connectivity index (χ1v) is 9.95. The van der Waals surface area contributed by atoms with E-state index in [1.54, 1.807) is 31.4 Å². The number of nitrogens with zero attached hydrogens (tertiary/aromatic N) is 3. The van der Waals surface area contributed by atoms with Gasteiger partial charge in [0.25, 0.3) is 11.6 Å². The van der Waals surface area contributed by atoms with E-state index in [-0.39, 0.29) is 16.3 Å². The van der Waals surface area contributed by atoms with Crippen LogP contribution in [-0.2, 0) is 0 Å². The third-order valence-electron chi connectivity index (χ3n) is 4.40. The maximum Gasteiger partial charge on any atom is 0.270 e. The minimum absolute atomic E-state index is 0.00572. The first-order valence-electron chi connectivity index (χ1n) is 8.76. The minimum atomic E-state index is -0.561. The number of non-ortho nitro benzene ring substituents is 1. The Bertz CT molecular complexity index is 1220. The predicted octanol–water partition coefficient (Wildman–Crippen LogP) is 5.85. The van der Waals surface area contributed by atoms with E-state index in [0.29, 0.717) is 16.6 Å². The molecule has 0 fully saturated rings. The number of methoxy groups -OCH3 is 1. The number of amides is 1. The summed E-state index contributed by atoms with van der Waals surface area (Å²) in [7, 11) is 1.56. The largest absolute Gasteiger partial charge is 0.497 e. The molecule has 1 heterocycles. The Labute approximate surface area is 180 Å². The van der Waals surface area contributed by atoms with Gasteiger partial charge in [0.05, 0.1) is 38.5 Å².